The lowest BCUT2D eigenvalue weighted by Crippen LogP contribution is -2.50. The summed E-state index contributed by atoms with van der Waals surface area (Å²) in [5.41, 5.74) is 0.466. The van der Waals surface area contributed by atoms with Crippen molar-refractivity contribution in [2.75, 3.05) is 32.7 Å². The minimum Gasteiger partial charge on any atom is -0.301 e. The van der Waals surface area contributed by atoms with Crippen molar-refractivity contribution in [3.63, 3.8) is 0 Å². The first-order valence-electron chi connectivity index (χ1n) is 10.4. The summed E-state index contributed by atoms with van der Waals surface area (Å²) >= 11 is 0. The number of sulfonamides is 1. The molecule has 1 aromatic carbocycles. The molecule has 0 aromatic heterocycles. The molecule has 6 nitrogen and oxygen atoms in total. The lowest BCUT2D eigenvalue weighted by Gasteiger charge is -2.39. The lowest BCUT2D eigenvalue weighted by molar-refractivity contribution is 0.0895. The SMILES string of the molecule is CC(C)N1CCN(C[C@H]2CC[C@H](NS(=O)(=O)c3ccc(C#N)cc3)CC2)CC1. The maximum atomic E-state index is 12.6. The molecular weight excluding hydrogens is 372 g/mol. The van der Waals surface area contributed by atoms with Crippen LogP contribution in [0.15, 0.2) is 29.2 Å². The van der Waals surface area contributed by atoms with Crippen LogP contribution in [0.4, 0.5) is 0 Å². The van der Waals surface area contributed by atoms with Crippen molar-refractivity contribution in [2.45, 2.75) is 56.5 Å². The molecule has 2 fully saturated rings. The molecule has 1 saturated heterocycles. The second kappa shape index (κ2) is 9.36. The second-order valence-corrected chi connectivity index (χ2v) is 10.1. The first-order chi connectivity index (χ1) is 13.4. The summed E-state index contributed by atoms with van der Waals surface area (Å²) in [7, 11) is -3.52. The molecule has 0 amide bonds. The third-order valence-electron chi connectivity index (χ3n) is 6.12. The fraction of sp³-hybridized carbons (Fsp3) is 0.667. The van der Waals surface area contributed by atoms with Crippen molar-refractivity contribution in [3.8, 4) is 6.07 Å². The van der Waals surface area contributed by atoms with E-state index in [-0.39, 0.29) is 10.9 Å². The van der Waals surface area contributed by atoms with Crippen LogP contribution < -0.4 is 4.72 Å². The van der Waals surface area contributed by atoms with E-state index in [2.05, 4.69) is 28.4 Å². The highest BCUT2D eigenvalue weighted by Crippen LogP contribution is 2.27. The van der Waals surface area contributed by atoms with Crippen LogP contribution in [0.1, 0.15) is 45.1 Å². The summed E-state index contributed by atoms with van der Waals surface area (Å²) in [6.07, 6.45) is 3.94. The van der Waals surface area contributed by atoms with E-state index in [1.165, 1.54) is 12.1 Å². The van der Waals surface area contributed by atoms with Gasteiger partial charge in [0.25, 0.3) is 0 Å². The maximum absolute atomic E-state index is 12.6. The quantitative estimate of drug-likeness (QED) is 0.788. The van der Waals surface area contributed by atoms with Gasteiger partial charge in [-0.3, -0.25) is 4.90 Å². The summed E-state index contributed by atoms with van der Waals surface area (Å²) < 4.78 is 28.0. The number of hydrogen-bond acceptors (Lipinski definition) is 5. The number of hydrogen-bond donors (Lipinski definition) is 1. The van der Waals surface area contributed by atoms with Crippen molar-refractivity contribution < 1.29 is 8.42 Å². The Hall–Kier alpha value is -1.46. The van der Waals surface area contributed by atoms with Crippen LogP contribution >= 0.6 is 0 Å². The van der Waals surface area contributed by atoms with Gasteiger partial charge in [-0.15, -0.1) is 0 Å². The molecular formula is C21H32N4O2S. The monoisotopic (exact) mass is 404 g/mol. The average molecular weight is 405 g/mol. The fourth-order valence-corrected chi connectivity index (χ4v) is 5.59. The van der Waals surface area contributed by atoms with E-state index >= 15 is 0 Å². The molecule has 1 aliphatic carbocycles. The highest BCUT2D eigenvalue weighted by Gasteiger charge is 2.28. The zero-order chi connectivity index (χ0) is 20.1. The molecule has 2 aliphatic rings. The Morgan fingerprint density at radius 3 is 2.21 bits per heavy atom. The van der Waals surface area contributed by atoms with Gasteiger partial charge in [-0.1, -0.05) is 0 Å². The first kappa shape index (κ1) is 21.3. The maximum Gasteiger partial charge on any atom is 0.240 e. The number of nitriles is 1. The van der Waals surface area contributed by atoms with Crippen LogP contribution in [0.5, 0.6) is 0 Å². The minimum absolute atomic E-state index is 0.00896. The van der Waals surface area contributed by atoms with Gasteiger partial charge < -0.3 is 4.90 Å². The van der Waals surface area contributed by atoms with Crippen LogP contribution in [0.25, 0.3) is 0 Å². The van der Waals surface area contributed by atoms with Crippen LogP contribution in [0.3, 0.4) is 0 Å². The predicted octanol–water partition coefficient (Wildman–Crippen LogP) is 2.42. The number of piperazine rings is 1. The van der Waals surface area contributed by atoms with E-state index < -0.39 is 10.0 Å². The van der Waals surface area contributed by atoms with Gasteiger partial charge in [0, 0.05) is 44.8 Å². The highest BCUT2D eigenvalue weighted by atomic mass is 32.2. The summed E-state index contributed by atoms with van der Waals surface area (Å²) in [5, 5.41) is 8.85. The topological polar surface area (TPSA) is 76.4 Å². The lowest BCUT2D eigenvalue weighted by atomic mass is 9.86. The summed E-state index contributed by atoms with van der Waals surface area (Å²) in [5.74, 6) is 0.668. The van der Waals surface area contributed by atoms with Gasteiger partial charge >= 0.3 is 0 Å². The minimum atomic E-state index is -3.52. The molecule has 1 N–H and O–H groups in total. The Kier molecular flexibility index (Phi) is 7.10. The van der Waals surface area contributed by atoms with Gasteiger partial charge in [0.2, 0.25) is 10.0 Å². The van der Waals surface area contributed by atoms with Crippen LogP contribution in [-0.2, 0) is 10.0 Å². The molecule has 1 aromatic rings. The van der Waals surface area contributed by atoms with Gasteiger partial charge in [-0.05, 0) is 69.7 Å². The van der Waals surface area contributed by atoms with Gasteiger partial charge in [0.05, 0.1) is 16.5 Å². The molecule has 3 rings (SSSR count). The Morgan fingerprint density at radius 1 is 1.07 bits per heavy atom. The zero-order valence-corrected chi connectivity index (χ0v) is 17.8. The van der Waals surface area contributed by atoms with E-state index in [0.717, 1.165) is 58.4 Å². The van der Waals surface area contributed by atoms with Gasteiger partial charge in [-0.2, -0.15) is 5.26 Å². The number of nitrogens with zero attached hydrogens (tertiary/aromatic N) is 3. The number of nitrogens with one attached hydrogen (secondary N) is 1. The largest absolute Gasteiger partial charge is 0.301 e. The zero-order valence-electron chi connectivity index (χ0n) is 17.0. The predicted molar refractivity (Wildman–Crippen MR) is 110 cm³/mol. The van der Waals surface area contributed by atoms with Crippen LogP contribution in [0, 0.1) is 17.2 Å². The normalized spacial score (nSPS) is 24.9. The summed E-state index contributed by atoms with van der Waals surface area (Å²) in [4.78, 5) is 5.34. The van der Waals surface area contributed by atoms with Gasteiger partial charge in [-0.25, -0.2) is 13.1 Å². The Bertz CT molecular complexity index is 770. The molecule has 154 valence electrons. The fourth-order valence-electron chi connectivity index (χ4n) is 4.29. The molecule has 1 aliphatic heterocycles. The number of benzene rings is 1. The van der Waals surface area contributed by atoms with Gasteiger partial charge in [0.1, 0.15) is 0 Å². The highest BCUT2D eigenvalue weighted by molar-refractivity contribution is 7.89. The van der Waals surface area contributed by atoms with Crippen LogP contribution in [-0.4, -0.2) is 63.0 Å². The average Bonchev–Trinajstić information content (AvgIpc) is 2.70. The van der Waals surface area contributed by atoms with Crippen molar-refractivity contribution in [1.29, 1.82) is 5.26 Å². The second-order valence-electron chi connectivity index (χ2n) is 8.41. The third kappa shape index (κ3) is 5.54. The molecule has 7 heteroatoms. The Balaban J connectivity index is 1.44. The number of rotatable bonds is 6. The van der Waals surface area contributed by atoms with Crippen LogP contribution in [0.2, 0.25) is 0 Å². The standard InChI is InChI=1S/C21H32N4O2S/c1-17(2)25-13-11-24(12-14-25)16-19-3-7-20(8-4-19)23-28(26,27)21-9-5-18(15-22)6-10-21/h5-6,9-10,17,19-20,23H,3-4,7-8,11-14,16H2,1-2H3/t19-,20-. The third-order valence-corrected chi connectivity index (χ3v) is 7.65. The Labute approximate surface area is 169 Å². The molecule has 0 spiro atoms. The smallest absolute Gasteiger partial charge is 0.240 e. The summed E-state index contributed by atoms with van der Waals surface area (Å²) in [6.45, 7) is 10.2. The molecule has 28 heavy (non-hydrogen) atoms. The van der Waals surface area contributed by atoms with Crippen molar-refractivity contribution in [2.24, 2.45) is 5.92 Å². The van der Waals surface area contributed by atoms with Crippen molar-refractivity contribution in [1.82, 2.24) is 14.5 Å². The molecule has 0 bridgehead atoms. The first-order valence-corrected chi connectivity index (χ1v) is 11.8. The molecule has 0 radical (unpaired) electrons. The van der Waals surface area contributed by atoms with E-state index in [1.807, 2.05) is 6.07 Å². The van der Waals surface area contributed by atoms with E-state index in [9.17, 15) is 8.42 Å². The van der Waals surface area contributed by atoms with E-state index in [0.29, 0.717) is 17.5 Å². The van der Waals surface area contributed by atoms with E-state index in [1.54, 1.807) is 12.1 Å². The summed E-state index contributed by atoms with van der Waals surface area (Å²) in [6, 6.07) is 8.75. The molecule has 1 heterocycles. The molecule has 1 saturated carbocycles. The molecule has 0 unspecified atom stereocenters. The molecule has 0 atom stereocenters. The Morgan fingerprint density at radius 2 is 1.68 bits per heavy atom. The van der Waals surface area contributed by atoms with Crippen molar-refractivity contribution >= 4 is 10.0 Å². The van der Waals surface area contributed by atoms with Gasteiger partial charge in [0.15, 0.2) is 0 Å². The van der Waals surface area contributed by atoms with Crippen molar-refractivity contribution in [3.05, 3.63) is 29.8 Å². The van der Waals surface area contributed by atoms with E-state index in [4.69, 9.17) is 5.26 Å².